The number of carbonyl (C=O) groups excluding carboxylic acids is 1. The zero-order valence-electron chi connectivity index (χ0n) is 12.0. The summed E-state index contributed by atoms with van der Waals surface area (Å²) in [7, 11) is 0. The van der Waals surface area contributed by atoms with E-state index >= 15 is 0 Å². The summed E-state index contributed by atoms with van der Waals surface area (Å²) in [6, 6.07) is 7.27. The van der Waals surface area contributed by atoms with Gasteiger partial charge in [-0.05, 0) is 38.0 Å². The zero-order valence-corrected chi connectivity index (χ0v) is 12.0. The molecule has 0 radical (unpaired) electrons. The van der Waals surface area contributed by atoms with Crippen LogP contribution < -0.4 is 15.8 Å². The average Bonchev–Trinajstić information content (AvgIpc) is 2.40. The Labute approximate surface area is 115 Å². The number of nitrogens with one attached hydrogen (secondary N) is 1. The summed E-state index contributed by atoms with van der Waals surface area (Å²) in [6.45, 7) is 6.57. The maximum atomic E-state index is 11.8. The van der Waals surface area contributed by atoms with Crippen LogP contribution in [0.25, 0.3) is 0 Å². The van der Waals surface area contributed by atoms with Crippen LogP contribution in [0.5, 0.6) is 5.75 Å². The topological polar surface area (TPSA) is 64.4 Å². The van der Waals surface area contributed by atoms with E-state index in [9.17, 15) is 4.79 Å². The molecular weight excluding hydrogens is 240 g/mol. The second-order valence-electron chi connectivity index (χ2n) is 4.63. The largest absolute Gasteiger partial charge is 0.494 e. The van der Waals surface area contributed by atoms with E-state index in [2.05, 4.69) is 5.32 Å². The molecule has 0 fully saturated rings. The van der Waals surface area contributed by atoms with E-state index in [4.69, 9.17) is 10.5 Å². The third-order valence-corrected chi connectivity index (χ3v) is 2.99. The molecule has 1 aromatic rings. The van der Waals surface area contributed by atoms with Gasteiger partial charge in [-0.1, -0.05) is 25.5 Å². The number of hydrogen-bond acceptors (Lipinski definition) is 3. The van der Waals surface area contributed by atoms with Crippen molar-refractivity contribution in [3.05, 3.63) is 29.8 Å². The SMILES string of the molecule is CCC[C@@H](N)C(=O)NC(C)c1ccc(OCC)cc1. The van der Waals surface area contributed by atoms with Gasteiger partial charge in [0, 0.05) is 0 Å². The Balaban J connectivity index is 2.57. The summed E-state index contributed by atoms with van der Waals surface area (Å²) in [4.78, 5) is 11.8. The average molecular weight is 264 g/mol. The van der Waals surface area contributed by atoms with Crippen LogP contribution in [0.4, 0.5) is 0 Å². The van der Waals surface area contributed by atoms with Gasteiger partial charge in [0.1, 0.15) is 5.75 Å². The summed E-state index contributed by atoms with van der Waals surface area (Å²) in [6.07, 6.45) is 1.62. The van der Waals surface area contributed by atoms with Crippen molar-refractivity contribution in [2.24, 2.45) is 5.73 Å². The number of ether oxygens (including phenoxy) is 1. The Hall–Kier alpha value is -1.55. The summed E-state index contributed by atoms with van der Waals surface area (Å²) < 4.78 is 5.38. The van der Waals surface area contributed by atoms with Crippen LogP contribution >= 0.6 is 0 Å². The fraction of sp³-hybridized carbons (Fsp3) is 0.533. The van der Waals surface area contributed by atoms with Crippen LogP contribution in [0.2, 0.25) is 0 Å². The van der Waals surface area contributed by atoms with Crippen molar-refractivity contribution in [3.8, 4) is 5.75 Å². The van der Waals surface area contributed by atoms with E-state index < -0.39 is 6.04 Å². The molecule has 3 N–H and O–H groups in total. The van der Waals surface area contributed by atoms with Crippen LogP contribution in [-0.4, -0.2) is 18.6 Å². The molecule has 0 aliphatic rings. The van der Waals surface area contributed by atoms with Gasteiger partial charge in [0.15, 0.2) is 0 Å². The highest BCUT2D eigenvalue weighted by Gasteiger charge is 2.15. The van der Waals surface area contributed by atoms with Gasteiger partial charge < -0.3 is 15.8 Å². The van der Waals surface area contributed by atoms with Gasteiger partial charge in [-0.15, -0.1) is 0 Å². The molecule has 1 rings (SSSR count). The molecule has 2 atom stereocenters. The number of carbonyl (C=O) groups is 1. The van der Waals surface area contributed by atoms with Gasteiger partial charge >= 0.3 is 0 Å². The molecule has 19 heavy (non-hydrogen) atoms. The number of benzene rings is 1. The first-order chi connectivity index (χ1) is 9.08. The van der Waals surface area contributed by atoms with Gasteiger partial charge in [-0.2, -0.15) is 0 Å². The summed E-state index contributed by atoms with van der Waals surface area (Å²) >= 11 is 0. The standard InChI is InChI=1S/C15H24N2O2/c1-4-6-14(16)15(18)17-11(3)12-7-9-13(10-8-12)19-5-2/h7-11,14H,4-6,16H2,1-3H3,(H,17,18)/t11?,14-/m1/s1. The van der Waals surface area contributed by atoms with E-state index in [0.717, 1.165) is 17.7 Å². The Bertz CT molecular complexity index is 390. The molecule has 4 nitrogen and oxygen atoms in total. The van der Waals surface area contributed by atoms with Crippen molar-refractivity contribution in [2.75, 3.05) is 6.61 Å². The molecule has 0 saturated heterocycles. The van der Waals surface area contributed by atoms with Gasteiger partial charge in [-0.25, -0.2) is 0 Å². The summed E-state index contributed by atoms with van der Waals surface area (Å²) in [5.41, 5.74) is 6.83. The summed E-state index contributed by atoms with van der Waals surface area (Å²) in [5.74, 6) is 0.746. The van der Waals surface area contributed by atoms with E-state index in [-0.39, 0.29) is 11.9 Å². The molecular formula is C15H24N2O2. The van der Waals surface area contributed by atoms with Gasteiger partial charge in [-0.3, -0.25) is 4.79 Å². The monoisotopic (exact) mass is 264 g/mol. The Kier molecular flexibility index (Phi) is 6.36. The van der Waals surface area contributed by atoms with Crippen LogP contribution in [-0.2, 0) is 4.79 Å². The van der Waals surface area contributed by atoms with Crippen molar-refractivity contribution in [1.29, 1.82) is 0 Å². The smallest absolute Gasteiger partial charge is 0.237 e. The van der Waals surface area contributed by atoms with Gasteiger partial charge in [0.25, 0.3) is 0 Å². The van der Waals surface area contributed by atoms with Gasteiger partial charge in [0.2, 0.25) is 5.91 Å². The highest BCUT2D eigenvalue weighted by atomic mass is 16.5. The maximum Gasteiger partial charge on any atom is 0.237 e. The predicted molar refractivity (Wildman–Crippen MR) is 77.1 cm³/mol. The predicted octanol–water partition coefficient (Wildman–Crippen LogP) is 2.39. The second-order valence-corrected chi connectivity index (χ2v) is 4.63. The molecule has 0 saturated carbocycles. The molecule has 0 aliphatic carbocycles. The van der Waals surface area contributed by atoms with Crippen molar-refractivity contribution in [3.63, 3.8) is 0 Å². The van der Waals surface area contributed by atoms with Gasteiger partial charge in [0.05, 0.1) is 18.7 Å². The first-order valence-corrected chi connectivity index (χ1v) is 6.87. The zero-order chi connectivity index (χ0) is 14.3. The van der Waals surface area contributed by atoms with E-state index in [0.29, 0.717) is 13.0 Å². The minimum absolute atomic E-state index is 0.0499. The van der Waals surface area contributed by atoms with E-state index in [1.54, 1.807) is 0 Å². The lowest BCUT2D eigenvalue weighted by Gasteiger charge is -2.18. The number of amides is 1. The molecule has 0 spiro atoms. The van der Waals surface area contributed by atoms with Crippen LogP contribution in [0.1, 0.15) is 45.2 Å². The normalized spacial score (nSPS) is 13.7. The summed E-state index contributed by atoms with van der Waals surface area (Å²) in [5, 5.41) is 2.93. The first kappa shape index (κ1) is 15.5. The fourth-order valence-electron chi connectivity index (χ4n) is 1.87. The molecule has 1 amide bonds. The molecule has 1 unspecified atom stereocenters. The quantitative estimate of drug-likeness (QED) is 0.794. The van der Waals surface area contributed by atoms with Crippen LogP contribution in [0.3, 0.4) is 0 Å². The third-order valence-electron chi connectivity index (χ3n) is 2.99. The molecule has 0 bridgehead atoms. The third kappa shape index (κ3) is 4.91. The molecule has 106 valence electrons. The van der Waals surface area contributed by atoms with Crippen molar-refractivity contribution >= 4 is 5.91 Å². The lowest BCUT2D eigenvalue weighted by atomic mass is 10.1. The van der Waals surface area contributed by atoms with Crippen molar-refractivity contribution in [2.45, 2.75) is 45.7 Å². The van der Waals surface area contributed by atoms with E-state index in [1.165, 1.54) is 0 Å². The molecule has 1 aromatic carbocycles. The Morgan fingerprint density at radius 3 is 2.47 bits per heavy atom. The fourth-order valence-corrected chi connectivity index (χ4v) is 1.87. The minimum Gasteiger partial charge on any atom is -0.494 e. The van der Waals surface area contributed by atoms with E-state index in [1.807, 2.05) is 45.0 Å². The molecule has 0 aliphatic heterocycles. The Morgan fingerprint density at radius 2 is 1.95 bits per heavy atom. The number of hydrogen-bond donors (Lipinski definition) is 2. The molecule has 0 aromatic heterocycles. The molecule has 4 heteroatoms. The highest BCUT2D eigenvalue weighted by Crippen LogP contribution is 2.17. The van der Waals surface area contributed by atoms with Crippen LogP contribution in [0.15, 0.2) is 24.3 Å². The minimum atomic E-state index is -0.421. The second kappa shape index (κ2) is 7.79. The number of nitrogens with two attached hydrogens (primary N) is 1. The van der Waals surface area contributed by atoms with Crippen molar-refractivity contribution < 1.29 is 9.53 Å². The molecule has 0 heterocycles. The lowest BCUT2D eigenvalue weighted by Crippen LogP contribution is -2.41. The van der Waals surface area contributed by atoms with Crippen LogP contribution in [0, 0.1) is 0 Å². The number of rotatable bonds is 7. The lowest BCUT2D eigenvalue weighted by molar-refractivity contribution is -0.123. The highest BCUT2D eigenvalue weighted by molar-refractivity contribution is 5.81. The Morgan fingerprint density at radius 1 is 1.32 bits per heavy atom. The first-order valence-electron chi connectivity index (χ1n) is 6.87. The van der Waals surface area contributed by atoms with Crippen molar-refractivity contribution in [1.82, 2.24) is 5.32 Å². The maximum absolute atomic E-state index is 11.8.